The van der Waals surface area contributed by atoms with Gasteiger partial charge in [-0.05, 0) is 55.9 Å². The van der Waals surface area contributed by atoms with Crippen LogP contribution in [-0.4, -0.2) is 7.11 Å². The largest absolute Gasteiger partial charge is 0.501 e. The fourth-order valence-electron chi connectivity index (χ4n) is 4.39. The monoisotopic (exact) mass is 250 g/mol. The molecule has 2 aliphatic rings. The van der Waals surface area contributed by atoms with Crippen molar-refractivity contribution < 1.29 is 4.74 Å². The molecule has 0 heterocycles. The lowest BCUT2D eigenvalue weighted by atomic mass is 9.65. The van der Waals surface area contributed by atoms with E-state index in [0.717, 1.165) is 23.7 Å². The average Bonchev–Trinajstić information content (AvgIpc) is 2.43. The Balaban J connectivity index is 1.97. The summed E-state index contributed by atoms with van der Waals surface area (Å²) in [5, 5.41) is 0. The van der Waals surface area contributed by atoms with Crippen LogP contribution in [0.5, 0.6) is 0 Å². The summed E-state index contributed by atoms with van der Waals surface area (Å²) in [4.78, 5) is 0. The van der Waals surface area contributed by atoms with E-state index in [-0.39, 0.29) is 0 Å². The van der Waals surface area contributed by atoms with E-state index in [9.17, 15) is 0 Å². The molecule has 0 aromatic carbocycles. The molecule has 0 radical (unpaired) electrons. The Labute approximate surface area is 113 Å². The molecule has 0 saturated heterocycles. The Hall–Kier alpha value is -0.460. The Morgan fingerprint density at radius 3 is 2.78 bits per heavy atom. The van der Waals surface area contributed by atoms with Gasteiger partial charge in [-0.2, -0.15) is 0 Å². The molecule has 0 N–H and O–H groups in total. The number of ether oxygens (including phenoxy) is 1. The molecule has 0 aromatic rings. The van der Waals surface area contributed by atoms with Crippen LogP contribution in [0.2, 0.25) is 0 Å². The van der Waals surface area contributed by atoms with Gasteiger partial charge in [0.25, 0.3) is 0 Å². The van der Waals surface area contributed by atoms with Crippen LogP contribution in [0.3, 0.4) is 0 Å². The molecule has 2 aliphatic carbocycles. The minimum absolute atomic E-state index is 0.749. The highest BCUT2D eigenvalue weighted by Crippen LogP contribution is 2.46. The number of allylic oxidation sites excluding steroid dienone is 2. The zero-order valence-corrected chi connectivity index (χ0v) is 12.5. The van der Waals surface area contributed by atoms with Gasteiger partial charge in [0.15, 0.2) is 0 Å². The predicted octanol–water partition coefficient (Wildman–Crippen LogP) is 5.17. The van der Waals surface area contributed by atoms with Gasteiger partial charge in [0, 0.05) is 5.92 Å². The van der Waals surface area contributed by atoms with Crippen molar-refractivity contribution >= 4 is 0 Å². The summed E-state index contributed by atoms with van der Waals surface area (Å²) < 4.78 is 5.59. The lowest BCUT2D eigenvalue weighted by Crippen LogP contribution is -2.32. The number of rotatable bonds is 5. The standard InChI is InChI=1S/C17H30O/c1-4-7-13(5-2)14-10-11-16-15(12-14)8-6-9-17(16)18-3/h9,13-16H,4-8,10-12H2,1-3H3/t13-,14?,15?,16?/m0/s1. The molecule has 2 rings (SSSR count). The fraction of sp³-hybridized carbons (Fsp3) is 0.882. The summed E-state index contributed by atoms with van der Waals surface area (Å²) in [6.07, 6.45) is 13.4. The normalized spacial score (nSPS) is 33.5. The van der Waals surface area contributed by atoms with E-state index in [4.69, 9.17) is 4.74 Å². The summed E-state index contributed by atoms with van der Waals surface area (Å²) in [7, 11) is 1.85. The summed E-state index contributed by atoms with van der Waals surface area (Å²) in [6.45, 7) is 4.72. The van der Waals surface area contributed by atoms with E-state index >= 15 is 0 Å². The fourth-order valence-corrected chi connectivity index (χ4v) is 4.39. The molecule has 0 bridgehead atoms. The summed E-state index contributed by atoms with van der Waals surface area (Å²) in [5.41, 5.74) is 0. The summed E-state index contributed by atoms with van der Waals surface area (Å²) in [6, 6.07) is 0. The minimum Gasteiger partial charge on any atom is -0.501 e. The van der Waals surface area contributed by atoms with Gasteiger partial charge >= 0.3 is 0 Å². The maximum atomic E-state index is 5.59. The number of hydrogen-bond acceptors (Lipinski definition) is 1. The van der Waals surface area contributed by atoms with Crippen LogP contribution >= 0.6 is 0 Å². The summed E-state index contributed by atoms with van der Waals surface area (Å²) in [5.74, 6) is 4.93. The molecule has 1 heteroatoms. The maximum absolute atomic E-state index is 5.59. The van der Waals surface area contributed by atoms with Crippen LogP contribution in [-0.2, 0) is 4.74 Å². The van der Waals surface area contributed by atoms with Crippen molar-refractivity contribution in [1.29, 1.82) is 0 Å². The minimum atomic E-state index is 0.749. The van der Waals surface area contributed by atoms with Crippen LogP contribution in [0.15, 0.2) is 11.8 Å². The van der Waals surface area contributed by atoms with E-state index in [1.54, 1.807) is 0 Å². The van der Waals surface area contributed by atoms with Gasteiger partial charge in [-0.1, -0.05) is 33.1 Å². The van der Waals surface area contributed by atoms with E-state index < -0.39 is 0 Å². The molecule has 4 atom stereocenters. The first-order chi connectivity index (χ1) is 8.80. The first-order valence-corrected chi connectivity index (χ1v) is 8.04. The zero-order valence-electron chi connectivity index (χ0n) is 12.5. The lowest BCUT2D eigenvalue weighted by molar-refractivity contribution is 0.0921. The van der Waals surface area contributed by atoms with Crippen LogP contribution in [0.25, 0.3) is 0 Å². The Bertz CT molecular complexity index is 281. The average molecular weight is 250 g/mol. The van der Waals surface area contributed by atoms with Crippen molar-refractivity contribution in [2.75, 3.05) is 7.11 Å². The predicted molar refractivity (Wildman–Crippen MR) is 77.3 cm³/mol. The van der Waals surface area contributed by atoms with Crippen LogP contribution < -0.4 is 0 Å². The number of fused-ring (bicyclic) bond motifs is 1. The van der Waals surface area contributed by atoms with Gasteiger partial charge in [-0.25, -0.2) is 0 Å². The van der Waals surface area contributed by atoms with E-state index in [1.807, 2.05) is 7.11 Å². The highest BCUT2D eigenvalue weighted by Gasteiger charge is 2.36. The Morgan fingerprint density at radius 1 is 1.28 bits per heavy atom. The van der Waals surface area contributed by atoms with Crippen molar-refractivity contribution in [3.63, 3.8) is 0 Å². The molecule has 0 amide bonds. The molecule has 0 spiro atoms. The SMILES string of the molecule is CCC[C@H](CC)C1CCC2C(OC)=CCCC2C1. The molecule has 1 fully saturated rings. The van der Waals surface area contributed by atoms with Crippen molar-refractivity contribution in [3.8, 4) is 0 Å². The first-order valence-electron chi connectivity index (χ1n) is 8.04. The number of hydrogen-bond donors (Lipinski definition) is 0. The van der Waals surface area contributed by atoms with Gasteiger partial charge in [0.1, 0.15) is 0 Å². The Kier molecular flexibility index (Phi) is 5.14. The second-order valence-corrected chi connectivity index (χ2v) is 6.28. The zero-order chi connectivity index (χ0) is 13.0. The molecule has 0 aliphatic heterocycles. The Morgan fingerprint density at radius 2 is 2.11 bits per heavy atom. The van der Waals surface area contributed by atoms with Gasteiger partial charge in [-0.3, -0.25) is 0 Å². The molecule has 0 aromatic heterocycles. The number of methoxy groups -OCH3 is 1. The summed E-state index contributed by atoms with van der Waals surface area (Å²) >= 11 is 0. The van der Waals surface area contributed by atoms with Crippen LogP contribution in [0.1, 0.15) is 65.2 Å². The van der Waals surface area contributed by atoms with Crippen molar-refractivity contribution in [3.05, 3.63) is 11.8 Å². The van der Waals surface area contributed by atoms with E-state index in [2.05, 4.69) is 19.9 Å². The van der Waals surface area contributed by atoms with E-state index in [1.165, 1.54) is 57.1 Å². The molecule has 1 nitrogen and oxygen atoms in total. The third-order valence-corrected chi connectivity index (χ3v) is 5.36. The lowest BCUT2D eigenvalue weighted by Gasteiger charge is -2.41. The molecule has 3 unspecified atom stereocenters. The van der Waals surface area contributed by atoms with Crippen molar-refractivity contribution in [1.82, 2.24) is 0 Å². The maximum Gasteiger partial charge on any atom is 0.0949 e. The highest BCUT2D eigenvalue weighted by molar-refractivity contribution is 5.07. The molecular weight excluding hydrogens is 220 g/mol. The topological polar surface area (TPSA) is 9.23 Å². The van der Waals surface area contributed by atoms with Gasteiger partial charge < -0.3 is 4.74 Å². The molecule has 104 valence electrons. The van der Waals surface area contributed by atoms with Gasteiger partial charge in [-0.15, -0.1) is 0 Å². The quantitative estimate of drug-likeness (QED) is 0.654. The molecule has 18 heavy (non-hydrogen) atoms. The van der Waals surface area contributed by atoms with E-state index in [0.29, 0.717) is 0 Å². The highest BCUT2D eigenvalue weighted by atomic mass is 16.5. The van der Waals surface area contributed by atoms with Crippen molar-refractivity contribution in [2.45, 2.75) is 65.2 Å². The smallest absolute Gasteiger partial charge is 0.0949 e. The van der Waals surface area contributed by atoms with Gasteiger partial charge in [0.2, 0.25) is 0 Å². The van der Waals surface area contributed by atoms with Gasteiger partial charge in [0.05, 0.1) is 12.9 Å². The van der Waals surface area contributed by atoms with Crippen LogP contribution in [0.4, 0.5) is 0 Å². The third kappa shape index (κ3) is 2.92. The third-order valence-electron chi connectivity index (χ3n) is 5.36. The van der Waals surface area contributed by atoms with Crippen LogP contribution in [0, 0.1) is 23.7 Å². The first kappa shape index (κ1) is 14.0. The van der Waals surface area contributed by atoms with Crippen molar-refractivity contribution in [2.24, 2.45) is 23.7 Å². The second-order valence-electron chi connectivity index (χ2n) is 6.28. The molecular formula is C17H30O. The molecule has 1 saturated carbocycles. The second kappa shape index (κ2) is 6.63.